The van der Waals surface area contributed by atoms with Crippen LogP contribution in [0.4, 0.5) is 17.1 Å². The molecule has 0 N–H and O–H groups in total. The fraction of sp³-hybridized carbons (Fsp3) is 0. The minimum atomic E-state index is -1.02. The van der Waals surface area contributed by atoms with Crippen molar-refractivity contribution in [3.05, 3.63) is 71.1 Å². The summed E-state index contributed by atoms with van der Waals surface area (Å²) >= 11 is 0. The molecule has 2 aromatic carbocycles. The highest BCUT2D eigenvalue weighted by molar-refractivity contribution is 6.08. The van der Waals surface area contributed by atoms with Crippen molar-refractivity contribution in [3.8, 4) is 0 Å². The molecule has 0 fully saturated rings. The lowest BCUT2D eigenvalue weighted by atomic mass is 10.1. The number of nitro groups is 3. The van der Waals surface area contributed by atoms with E-state index in [1.807, 2.05) is 0 Å². The monoisotopic (exact) mass is 331 g/mol. The Labute approximate surface area is 130 Å². The first-order chi connectivity index (χ1) is 11.3. The van der Waals surface area contributed by atoms with Crippen molar-refractivity contribution in [1.29, 1.82) is 0 Å². The van der Waals surface area contributed by atoms with Gasteiger partial charge in [-0.15, -0.1) is 0 Å². The van der Waals surface area contributed by atoms with Crippen molar-refractivity contribution in [2.45, 2.75) is 0 Å². The van der Waals surface area contributed by atoms with Crippen LogP contribution in [0, 0.1) is 30.3 Å². The number of benzene rings is 2. The molecule has 0 atom stereocenters. The third kappa shape index (κ3) is 2.20. The number of rotatable bonds is 3. The van der Waals surface area contributed by atoms with E-state index in [9.17, 15) is 35.1 Å². The molecule has 0 saturated carbocycles. The predicted octanol–water partition coefficient (Wildman–Crippen LogP) is 2.67. The fourth-order valence-electron chi connectivity index (χ4n) is 2.34. The molecule has 0 radical (unpaired) electrons. The van der Waals surface area contributed by atoms with Gasteiger partial charge in [-0.1, -0.05) is 0 Å². The first-order valence-electron chi connectivity index (χ1n) is 6.27. The molecule has 3 aromatic rings. The maximum Gasteiger partial charge on any atom is 0.344 e. The van der Waals surface area contributed by atoms with Gasteiger partial charge >= 0.3 is 11.3 Å². The maximum absolute atomic E-state index is 12.0. The lowest BCUT2D eigenvalue weighted by Crippen LogP contribution is -2.03. The second-order valence-electron chi connectivity index (χ2n) is 4.73. The Morgan fingerprint density at radius 1 is 0.750 bits per heavy atom. The first-order valence-corrected chi connectivity index (χ1v) is 6.27. The smallest absolute Gasteiger partial charge is 0.344 e. The molecule has 0 aliphatic heterocycles. The summed E-state index contributed by atoms with van der Waals surface area (Å²) in [7, 11) is 0. The minimum Gasteiger partial charge on any atom is -0.415 e. The maximum atomic E-state index is 12.0. The summed E-state index contributed by atoms with van der Waals surface area (Å²) in [5, 5.41) is 32.7. The van der Waals surface area contributed by atoms with Crippen molar-refractivity contribution in [3.63, 3.8) is 0 Å². The summed E-state index contributed by atoms with van der Waals surface area (Å²) in [6, 6.07) is 4.93. The SMILES string of the molecule is O=c1oc2c([N+](=O)[O-])cc([N+](=O)[O-])cc2c2ccc([N+](=O)[O-])cc12. The Bertz CT molecular complexity index is 1120. The van der Waals surface area contributed by atoms with Gasteiger partial charge in [-0.3, -0.25) is 30.3 Å². The quantitative estimate of drug-likeness (QED) is 0.306. The third-order valence-electron chi connectivity index (χ3n) is 3.38. The van der Waals surface area contributed by atoms with Crippen molar-refractivity contribution in [1.82, 2.24) is 0 Å². The van der Waals surface area contributed by atoms with Gasteiger partial charge in [-0.2, -0.15) is 0 Å². The van der Waals surface area contributed by atoms with Crippen LogP contribution in [0.25, 0.3) is 21.7 Å². The zero-order chi connectivity index (χ0) is 17.6. The van der Waals surface area contributed by atoms with Crippen LogP contribution in [0.2, 0.25) is 0 Å². The van der Waals surface area contributed by atoms with Gasteiger partial charge in [-0.05, 0) is 6.07 Å². The van der Waals surface area contributed by atoms with Gasteiger partial charge in [0.05, 0.1) is 26.2 Å². The largest absolute Gasteiger partial charge is 0.415 e. The number of hydrogen-bond donors (Lipinski definition) is 0. The van der Waals surface area contributed by atoms with Crippen LogP contribution < -0.4 is 5.63 Å². The molecule has 24 heavy (non-hydrogen) atoms. The lowest BCUT2D eigenvalue weighted by Gasteiger charge is -2.03. The molecule has 0 aliphatic rings. The van der Waals surface area contributed by atoms with Crippen LogP contribution in [0.15, 0.2) is 39.5 Å². The van der Waals surface area contributed by atoms with Crippen molar-refractivity contribution in [2.24, 2.45) is 0 Å². The third-order valence-corrected chi connectivity index (χ3v) is 3.38. The topological polar surface area (TPSA) is 160 Å². The van der Waals surface area contributed by atoms with Gasteiger partial charge in [0, 0.05) is 29.0 Å². The second-order valence-corrected chi connectivity index (χ2v) is 4.73. The van der Waals surface area contributed by atoms with E-state index in [0.717, 1.165) is 18.2 Å². The summed E-state index contributed by atoms with van der Waals surface area (Å²) < 4.78 is 4.89. The van der Waals surface area contributed by atoms with Gasteiger partial charge in [0.15, 0.2) is 0 Å². The Kier molecular flexibility index (Phi) is 3.18. The fourth-order valence-corrected chi connectivity index (χ4v) is 2.34. The van der Waals surface area contributed by atoms with Crippen molar-refractivity contribution in [2.75, 3.05) is 0 Å². The molecule has 120 valence electrons. The normalized spacial score (nSPS) is 10.8. The zero-order valence-electron chi connectivity index (χ0n) is 11.5. The average Bonchev–Trinajstić information content (AvgIpc) is 2.53. The summed E-state index contributed by atoms with van der Waals surface area (Å²) in [5.74, 6) is 0. The van der Waals surface area contributed by atoms with E-state index in [-0.39, 0.29) is 21.8 Å². The molecule has 1 aromatic heterocycles. The van der Waals surface area contributed by atoms with Gasteiger partial charge in [-0.25, -0.2) is 4.79 Å². The van der Waals surface area contributed by atoms with E-state index >= 15 is 0 Å². The van der Waals surface area contributed by atoms with Gasteiger partial charge in [0.25, 0.3) is 11.4 Å². The van der Waals surface area contributed by atoms with E-state index in [4.69, 9.17) is 4.42 Å². The van der Waals surface area contributed by atoms with Gasteiger partial charge < -0.3 is 4.42 Å². The highest BCUT2D eigenvalue weighted by atomic mass is 16.6. The number of hydrogen-bond acceptors (Lipinski definition) is 8. The van der Waals surface area contributed by atoms with Crippen molar-refractivity contribution < 1.29 is 19.2 Å². The van der Waals surface area contributed by atoms with Gasteiger partial charge in [0.1, 0.15) is 0 Å². The van der Waals surface area contributed by atoms with E-state index in [0.29, 0.717) is 6.07 Å². The van der Waals surface area contributed by atoms with E-state index < -0.39 is 37.4 Å². The molecule has 0 bridgehead atoms. The Morgan fingerprint density at radius 3 is 1.96 bits per heavy atom. The summed E-state index contributed by atoms with van der Waals surface area (Å²) in [5.41, 5.74) is -3.14. The molecular weight excluding hydrogens is 326 g/mol. The van der Waals surface area contributed by atoms with Crippen LogP contribution in [-0.2, 0) is 0 Å². The minimum absolute atomic E-state index is 0.0552. The zero-order valence-corrected chi connectivity index (χ0v) is 11.5. The molecule has 0 unspecified atom stereocenters. The standard InChI is InChI=1S/C13H5N3O8/c17-13-10-3-6(14(18)19)1-2-8(10)9-4-7(15(20)21)5-11(16(22)23)12(9)24-13/h1-5H. The van der Waals surface area contributed by atoms with Crippen LogP contribution in [0.1, 0.15) is 0 Å². The van der Waals surface area contributed by atoms with Crippen LogP contribution in [-0.4, -0.2) is 14.8 Å². The molecule has 11 nitrogen and oxygen atoms in total. The van der Waals surface area contributed by atoms with E-state index in [2.05, 4.69) is 0 Å². The number of nitro benzene ring substituents is 3. The molecule has 0 aliphatic carbocycles. The highest BCUT2D eigenvalue weighted by Crippen LogP contribution is 2.34. The van der Waals surface area contributed by atoms with E-state index in [1.54, 1.807) is 0 Å². The Balaban J connectivity index is 2.54. The van der Waals surface area contributed by atoms with Gasteiger partial charge in [0.2, 0.25) is 5.58 Å². The average molecular weight is 331 g/mol. The van der Waals surface area contributed by atoms with Crippen LogP contribution in [0.5, 0.6) is 0 Å². The first kappa shape index (κ1) is 15.0. The summed E-state index contributed by atoms with van der Waals surface area (Å²) in [4.78, 5) is 42.4. The molecule has 0 saturated heterocycles. The van der Waals surface area contributed by atoms with E-state index in [1.165, 1.54) is 6.07 Å². The molecular formula is C13H5N3O8. The summed E-state index contributed by atoms with van der Waals surface area (Å²) in [6.07, 6.45) is 0. The molecule has 0 amide bonds. The summed E-state index contributed by atoms with van der Waals surface area (Å²) in [6.45, 7) is 0. The van der Waals surface area contributed by atoms with Crippen molar-refractivity contribution >= 4 is 38.8 Å². The highest BCUT2D eigenvalue weighted by Gasteiger charge is 2.24. The molecule has 0 spiro atoms. The predicted molar refractivity (Wildman–Crippen MR) is 80.0 cm³/mol. The van der Waals surface area contributed by atoms with Crippen LogP contribution in [0.3, 0.4) is 0 Å². The van der Waals surface area contributed by atoms with Crippen LogP contribution >= 0.6 is 0 Å². The molecule has 11 heteroatoms. The molecule has 3 rings (SSSR count). The lowest BCUT2D eigenvalue weighted by molar-refractivity contribution is -0.393. The Morgan fingerprint density at radius 2 is 1.38 bits per heavy atom. The second kappa shape index (κ2) is 5.08. The number of nitrogens with zero attached hydrogens (tertiary/aromatic N) is 3. The molecule has 1 heterocycles. The number of fused-ring (bicyclic) bond motifs is 3. The Hall–Kier alpha value is -3.89. The number of non-ortho nitro benzene ring substituents is 3.